The predicted octanol–water partition coefficient (Wildman–Crippen LogP) is 4.28. The molecule has 0 spiro atoms. The fourth-order valence-electron chi connectivity index (χ4n) is 2.71. The van der Waals surface area contributed by atoms with Crippen molar-refractivity contribution in [2.45, 2.75) is 19.4 Å². The number of nitrogens with zero attached hydrogens (tertiary/aromatic N) is 2. The second kappa shape index (κ2) is 8.76. The number of anilines is 2. The molecule has 3 rings (SSSR count). The molecule has 0 bridgehead atoms. The molecule has 10 heteroatoms. The third kappa shape index (κ3) is 4.65. The van der Waals surface area contributed by atoms with Crippen LogP contribution >= 0.6 is 0 Å². The molecular formula is C20H16F4N4O2. The van der Waals surface area contributed by atoms with E-state index >= 15 is 0 Å². The first-order chi connectivity index (χ1) is 14.3. The molecule has 3 aromatic rings. The summed E-state index contributed by atoms with van der Waals surface area (Å²) in [5.74, 6) is -4.83. The quantitative estimate of drug-likeness (QED) is 0.585. The monoisotopic (exact) mass is 420 g/mol. The number of rotatable bonds is 6. The molecule has 2 aromatic carbocycles. The van der Waals surface area contributed by atoms with Gasteiger partial charge in [0.05, 0.1) is 11.4 Å². The van der Waals surface area contributed by atoms with Crippen molar-refractivity contribution in [3.63, 3.8) is 0 Å². The number of amides is 2. The Morgan fingerprint density at radius 2 is 1.50 bits per heavy atom. The third-order valence-corrected chi connectivity index (χ3v) is 4.22. The molecule has 0 aliphatic rings. The van der Waals surface area contributed by atoms with Crippen molar-refractivity contribution in [3.8, 4) is 0 Å². The molecule has 1 heterocycles. The van der Waals surface area contributed by atoms with Crippen LogP contribution in [0, 0.1) is 23.3 Å². The summed E-state index contributed by atoms with van der Waals surface area (Å²) in [5.41, 5.74) is -0.540. The highest BCUT2D eigenvalue weighted by Crippen LogP contribution is 2.20. The maximum atomic E-state index is 13.8. The zero-order valence-electron chi connectivity index (χ0n) is 15.6. The molecule has 0 unspecified atom stereocenters. The van der Waals surface area contributed by atoms with Gasteiger partial charge in [0.25, 0.3) is 5.91 Å². The van der Waals surface area contributed by atoms with Crippen molar-refractivity contribution >= 4 is 23.2 Å². The lowest BCUT2D eigenvalue weighted by molar-refractivity contribution is -0.119. The molecule has 30 heavy (non-hydrogen) atoms. The van der Waals surface area contributed by atoms with E-state index in [1.54, 1.807) is 6.92 Å². The Morgan fingerprint density at radius 3 is 2.03 bits per heavy atom. The minimum atomic E-state index is -0.949. The van der Waals surface area contributed by atoms with E-state index < -0.39 is 41.1 Å². The van der Waals surface area contributed by atoms with Crippen LogP contribution in [0.4, 0.5) is 28.9 Å². The van der Waals surface area contributed by atoms with Crippen LogP contribution in [0.5, 0.6) is 0 Å². The molecule has 0 aliphatic heterocycles. The Hall–Kier alpha value is -3.69. The van der Waals surface area contributed by atoms with Gasteiger partial charge in [-0.1, -0.05) is 6.92 Å². The molecule has 1 aromatic heterocycles. The Balaban J connectivity index is 1.73. The fraction of sp³-hybridized carbons (Fsp3) is 0.150. The number of hydrogen-bond acceptors (Lipinski definition) is 3. The van der Waals surface area contributed by atoms with E-state index in [1.165, 1.54) is 16.9 Å². The number of nitrogens with one attached hydrogen (secondary N) is 2. The predicted molar refractivity (Wildman–Crippen MR) is 101 cm³/mol. The standard InChI is InChI=1S/C20H16F4N4O2/c1-2-18(20(30)26-16-6-4-12(22)10-14(16)24)28-8-7-17(27-28)19(29)25-15-5-3-11(21)9-13(15)23/h3-10,18H,2H2,1H3,(H,25,29)(H,26,30)/t18-/m0/s1. The van der Waals surface area contributed by atoms with Crippen molar-refractivity contribution < 1.29 is 27.2 Å². The average Bonchev–Trinajstić information content (AvgIpc) is 3.17. The van der Waals surface area contributed by atoms with Crippen LogP contribution in [0.15, 0.2) is 48.7 Å². The highest BCUT2D eigenvalue weighted by molar-refractivity contribution is 6.03. The molecule has 2 N–H and O–H groups in total. The molecule has 6 nitrogen and oxygen atoms in total. The van der Waals surface area contributed by atoms with Crippen LogP contribution in [0.25, 0.3) is 0 Å². The molecule has 0 saturated carbocycles. The topological polar surface area (TPSA) is 76.0 Å². The number of benzene rings is 2. The zero-order chi connectivity index (χ0) is 21.8. The van der Waals surface area contributed by atoms with Gasteiger partial charge in [0.1, 0.15) is 29.3 Å². The zero-order valence-corrected chi connectivity index (χ0v) is 15.6. The van der Waals surface area contributed by atoms with Gasteiger partial charge < -0.3 is 10.6 Å². The Labute approximate surface area is 168 Å². The maximum Gasteiger partial charge on any atom is 0.276 e. The summed E-state index contributed by atoms with van der Waals surface area (Å²) in [6.07, 6.45) is 1.62. The largest absolute Gasteiger partial charge is 0.322 e. The molecule has 156 valence electrons. The van der Waals surface area contributed by atoms with E-state index in [4.69, 9.17) is 0 Å². The SMILES string of the molecule is CC[C@@H](C(=O)Nc1ccc(F)cc1F)n1ccc(C(=O)Nc2ccc(F)cc2F)n1. The van der Waals surface area contributed by atoms with Crippen LogP contribution in [0.1, 0.15) is 29.9 Å². The molecule has 1 atom stereocenters. The van der Waals surface area contributed by atoms with E-state index in [2.05, 4.69) is 15.7 Å². The first-order valence-corrected chi connectivity index (χ1v) is 8.86. The summed E-state index contributed by atoms with van der Waals surface area (Å²) in [7, 11) is 0. The minimum absolute atomic E-state index is 0.113. The van der Waals surface area contributed by atoms with E-state index in [-0.39, 0.29) is 23.5 Å². The second-order valence-corrected chi connectivity index (χ2v) is 6.30. The minimum Gasteiger partial charge on any atom is -0.322 e. The fourth-order valence-corrected chi connectivity index (χ4v) is 2.71. The summed E-state index contributed by atoms with van der Waals surface area (Å²) >= 11 is 0. The van der Waals surface area contributed by atoms with Crippen LogP contribution < -0.4 is 10.6 Å². The molecular weight excluding hydrogens is 404 g/mol. The lowest BCUT2D eigenvalue weighted by Gasteiger charge is -2.16. The molecule has 0 fully saturated rings. The maximum absolute atomic E-state index is 13.8. The summed E-state index contributed by atoms with van der Waals surface area (Å²) in [6, 6.07) is 5.84. The number of aromatic nitrogens is 2. The van der Waals surface area contributed by atoms with Gasteiger partial charge >= 0.3 is 0 Å². The summed E-state index contributed by atoms with van der Waals surface area (Å²) < 4.78 is 54.6. The van der Waals surface area contributed by atoms with Gasteiger partial charge in [0, 0.05) is 18.3 Å². The summed E-state index contributed by atoms with van der Waals surface area (Å²) in [4.78, 5) is 24.8. The number of hydrogen-bond donors (Lipinski definition) is 2. The Morgan fingerprint density at radius 1 is 0.933 bits per heavy atom. The van der Waals surface area contributed by atoms with Gasteiger partial charge in [0.2, 0.25) is 5.91 Å². The van der Waals surface area contributed by atoms with Gasteiger partial charge in [-0.2, -0.15) is 5.10 Å². The van der Waals surface area contributed by atoms with Gasteiger partial charge in [-0.05, 0) is 36.8 Å². The highest BCUT2D eigenvalue weighted by atomic mass is 19.1. The van der Waals surface area contributed by atoms with Crippen LogP contribution in [0.2, 0.25) is 0 Å². The Kier molecular flexibility index (Phi) is 6.14. The molecule has 0 aliphatic carbocycles. The molecule has 0 radical (unpaired) electrons. The van der Waals surface area contributed by atoms with Gasteiger partial charge in [-0.15, -0.1) is 0 Å². The highest BCUT2D eigenvalue weighted by Gasteiger charge is 2.22. The van der Waals surface area contributed by atoms with Gasteiger partial charge in [-0.25, -0.2) is 17.6 Å². The van der Waals surface area contributed by atoms with Crippen LogP contribution in [-0.4, -0.2) is 21.6 Å². The summed E-state index contributed by atoms with van der Waals surface area (Å²) in [5, 5.41) is 8.63. The average molecular weight is 420 g/mol. The Bertz CT molecular complexity index is 1100. The summed E-state index contributed by atoms with van der Waals surface area (Å²) in [6.45, 7) is 1.68. The van der Waals surface area contributed by atoms with E-state index in [0.29, 0.717) is 12.1 Å². The lowest BCUT2D eigenvalue weighted by Crippen LogP contribution is -2.27. The van der Waals surface area contributed by atoms with Gasteiger partial charge in [-0.3, -0.25) is 14.3 Å². The molecule has 2 amide bonds. The van der Waals surface area contributed by atoms with Crippen molar-refractivity contribution in [2.24, 2.45) is 0 Å². The van der Waals surface area contributed by atoms with Crippen LogP contribution in [0.3, 0.4) is 0 Å². The number of carbonyl (C=O) groups excluding carboxylic acids is 2. The molecule has 0 saturated heterocycles. The van der Waals surface area contributed by atoms with Gasteiger partial charge in [0.15, 0.2) is 5.69 Å². The second-order valence-electron chi connectivity index (χ2n) is 6.30. The van der Waals surface area contributed by atoms with Crippen molar-refractivity contribution in [1.29, 1.82) is 0 Å². The van der Waals surface area contributed by atoms with E-state index in [1.807, 2.05) is 0 Å². The third-order valence-electron chi connectivity index (χ3n) is 4.22. The first kappa shape index (κ1) is 21.0. The first-order valence-electron chi connectivity index (χ1n) is 8.86. The van der Waals surface area contributed by atoms with Crippen molar-refractivity contribution in [1.82, 2.24) is 9.78 Å². The normalized spacial score (nSPS) is 11.8. The number of halogens is 4. The lowest BCUT2D eigenvalue weighted by atomic mass is 10.2. The van der Waals surface area contributed by atoms with E-state index in [0.717, 1.165) is 24.3 Å². The number of carbonyl (C=O) groups is 2. The van der Waals surface area contributed by atoms with Crippen molar-refractivity contribution in [3.05, 3.63) is 77.6 Å². The van der Waals surface area contributed by atoms with E-state index in [9.17, 15) is 27.2 Å². The van der Waals surface area contributed by atoms with Crippen molar-refractivity contribution in [2.75, 3.05) is 10.6 Å². The van der Waals surface area contributed by atoms with Crippen LogP contribution in [-0.2, 0) is 4.79 Å². The smallest absolute Gasteiger partial charge is 0.276 e.